The fourth-order valence-electron chi connectivity index (χ4n) is 3.10. The Morgan fingerprint density at radius 3 is 2.82 bits per heavy atom. The van der Waals surface area contributed by atoms with Crippen LogP contribution in [0.1, 0.15) is 16.8 Å². The van der Waals surface area contributed by atoms with Gasteiger partial charge >= 0.3 is 0 Å². The summed E-state index contributed by atoms with van der Waals surface area (Å²) in [6.07, 6.45) is 2.29. The monoisotopic (exact) mass is 386 g/mol. The molecule has 2 heterocycles. The minimum absolute atomic E-state index is 0.0250. The third kappa shape index (κ3) is 3.66. The SMILES string of the molecule is CN(Cc1cccc(C#N)c1)C(=O)Cc1csc2nc(-c3ccccc3)cn12. The lowest BCUT2D eigenvalue weighted by Crippen LogP contribution is -2.28. The van der Waals surface area contributed by atoms with Crippen LogP contribution in [0.4, 0.5) is 0 Å². The molecule has 0 aliphatic heterocycles. The Hall–Kier alpha value is -3.43. The van der Waals surface area contributed by atoms with Crippen molar-refractivity contribution in [1.29, 1.82) is 5.26 Å². The molecule has 28 heavy (non-hydrogen) atoms. The molecule has 0 saturated carbocycles. The van der Waals surface area contributed by atoms with Gasteiger partial charge in [-0.05, 0) is 17.7 Å². The molecule has 0 saturated heterocycles. The van der Waals surface area contributed by atoms with Crippen molar-refractivity contribution in [1.82, 2.24) is 14.3 Å². The lowest BCUT2D eigenvalue weighted by Gasteiger charge is -2.17. The molecule has 2 aromatic heterocycles. The van der Waals surface area contributed by atoms with E-state index >= 15 is 0 Å². The average molecular weight is 386 g/mol. The molecule has 6 heteroatoms. The van der Waals surface area contributed by atoms with Gasteiger partial charge in [0.25, 0.3) is 0 Å². The van der Waals surface area contributed by atoms with E-state index < -0.39 is 0 Å². The van der Waals surface area contributed by atoms with Crippen LogP contribution >= 0.6 is 11.3 Å². The summed E-state index contributed by atoms with van der Waals surface area (Å²) in [7, 11) is 1.79. The van der Waals surface area contributed by atoms with Crippen LogP contribution in [0, 0.1) is 11.3 Å². The van der Waals surface area contributed by atoms with E-state index in [-0.39, 0.29) is 5.91 Å². The number of nitriles is 1. The molecule has 1 amide bonds. The van der Waals surface area contributed by atoms with Crippen LogP contribution in [0.15, 0.2) is 66.2 Å². The number of imidazole rings is 1. The maximum Gasteiger partial charge on any atom is 0.228 e. The molecular weight excluding hydrogens is 368 g/mol. The number of likely N-dealkylation sites (N-methyl/N-ethyl adjacent to an activating group) is 1. The number of hydrogen-bond donors (Lipinski definition) is 0. The third-order valence-corrected chi connectivity index (χ3v) is 5.48. The molecule has 0 atom stereocenters. The fraction of sp³-hybridized carbons (Fsp3) is 0.136. The van der Waals surface area contributed by atoms with Gasteiger partial charge in [-0.25, -0.2) is 4.98 Å². The summed E-state index contributed by atoms with van der Waals surface area (Å²) in [6.45, 7) is 0.473. The summed E-state index contributed by atoms with van der Waals surface area (Å²) in [5.41, 5.74) is 4.44. The number of fused-ring (bicyclic) bond motifs is 1. The van der Waals surface area contributed by atoms with Gasteiger partial charge in [-0.1, -0.05) is 42.5 Å². The summed E-state index contributed by atoms with van der Waals surface area (Å²) in [4.78, 5) is 20.0. The second kappa shape index (κ2) is 7.67. The van der Waals surface area contributed by atoms with Gasteiger partial charge < -0.3 is 4.90 Å². The van der Waals surface area contributed by atoms with Crippen LogP contribution in [-0.2, 0) is 17.8 Å². The summed E-state index contributed by atoms with van der Waals surface area (Å²) >= 11 is 1.54. The van der Waals surface area contributed by atoms with E-state index in [4.69, 9.17) is 5.26 Å². The molecule has 0 aliphatic rings. The first kappa shape index (κ1) is 18.0. The molecule has 0 bridgehead atoms. The second-order valence-electron chi connectivity index (χ2n) is 6.61. The van der Waals surface area contributed by atoms with Crippen molar-refractivity contribution < 1.29 is 4.79 Å². The van der Waals surface area contributed by atoms with E-state index in [1.165, 1.54) is 11.3 Å². The quantitative estimate of drug-likeness (QED) is 0.518. The Morgan fingerprint density at radius 1 is 1.21 bits per heavy atom. The van der Waals surface area contributed by atoms with E-state index in [0.717, 1.165) is 27.5 Å². The number of aromatic nitrogens is 2. The zero-order valence-electron chi connectivity index (χ0n) is 15.4. The number of hydrogen-bond acceptors (Lipinski definition) is 4. The second-order valence-corrected chi connectivity index (χ2v) is 7.45. The van der Waals surface area contributed by atoms with Crippen molar-refractivity contribution in [3.63, 3.8) is 0 Å². The highest BCUT2D eigenvalue weighted by molar-refractivity contribution is 7.15. The van der Waals surface area contributed by atoms with Gasteiger partial charge in [-0.15, -0.1) is 11.3 Å². The Labute approximate surface area is 167 Å². The lowest BCUT2D eigenvalue weighted by atomic mass is 10.1. The number of thiazole rings is 1. The van der Waals surface area contributed by atoms with E-state index in [2.05, 4.69) is 11.1 Å². The molecule has 138 valence electrons. The van der Waals surface area contributed by atoms with Gasteiger partial charge in [0.2, 0.25) is 5.91 Å². The van der Waals surface area contributed by atoms with Crippen LogP contribution in [0.2, 0.25) is 0 Å². The minimum atomic E-state index is 0.0250. The molecule has 0 unspecified atom stereocenters. The Bertz CT molecular complexity index is 1170. The Morgan fingerprint density at radius 2 is 2.04 bits per heavy atom. The average Bonchev–Trinajstić information content (AvgIpc) is 3.30. The highest BCUT2D eigenvalue weighted by Crippen LogP contribution is 2.24. The first-order valence-corrected chi connectivity index (χ1v) is 9.76. The highest BCUT2D eigenvalue weighted by Gasteiger charge is 2.15. The fourth-order valence-corrected chi connectivity index (χ4v) is 3.97. The van der Waals surface area contributed by atoms with E-state index in [1.54, 1.807) is 18.0 Å². The predicted molar refractivity (Wildman–Crippen MR) is 110 cm³/mol. The van der Waals surface area contributed by atoms with Gasteiger partial charge in [0, 0.05) is 36.4 Å². The van der Waals surface area contributed by atoms with Gasteiger partial charge in [-0.2, -0.15) is 5.26 Å². The molecule has 4 aromatic rings. The number of carbonyl (C=O) groups excluding carboxylic acids is 1. The van der Waals surface area contributed by atoms with E-state index in [9.17, 15) is 4.79 Å². The number of amides is 1. The third-order valence-electron chi connectivity index (χ3n) is 4.59. The van der Waals surface area contributed by atoms with Gasteiger partial charge in [0.15, 0.2) is 4.96 Å². The van der Waals surface area contributed by atoms with Crippen molar-refractivity contribution in [3.8, 4) is 17.3 Å². The van der Waals surface area contributed by atoms with Crippen molar-refractivity contribution in [2.45, 2.75) is 13.0 Å². The summed E-state index contributed by atoms with van der Waals surface area (Å²) in [5.74, 6) is 0.0250. The Balaban J connectivity index is 1.50. The highest BCUT2D eigenvalue weighted by atomic mass is 32.1. The zero-order valence-corrected chi connectivity index (χ0v) is 16.2. The summed E-state index contributed by atoms with van der Waals surface area (Å²) in [6, 6.07) is 19.5. The standard InChI is InChI=1S/C22H18N4OS/c1-25(13-17-7-5-6-16(10-17)12-23)21(27)11-19-15-28-22-24-20(14-26(19)22)18-8-3-2-4-9-18/h2-10,14-15H,11,13H2,1H3. The Kier molecular flexibility index (Phi) is 4.92. The van der Waals surface area contributed by atoms with Crippen molar-refractivity contribution >= 4 is 22.2 Å². The van der Waals surface area contributed by atoms with Gasteiger partial charge in [-0.3, -0.25) is 9.20 Å². The van der Waals surface area contributed by atoms with Crippen LogP contribution in [-0.4, -0.2) is 27.2 Å². The number of rotatable bonds is 5. The van der Waals surface area contributed by atoms with Gasteiger partial charge in [0.1, 0.15) is 0 Å². The van der Waals surface area contributed by atoms with Crippen LogP contribution in [0.25, 0.3) is 16.2 Å². The summed E-state index contributed by atoms with van der Waals surface area (Å²) < 4.78 is 2.00. The molecule has 0 spiro atoms. The maximum atomic E-state index is 12.7. The van der Waals surface area contributed by atoms with E-state index in [1.807, 2.05) is 64.5 Å². The minimum Gasteiger partial charge on any atom is -0.341 e. The first-order chi connectivity index (χ1) is 13.6. The van der Waals surface area contributed by atoms with Crippen molar-refractivity contribution in [3.05, 3.63) is 83.0 Å². The molecule has 0 N–H and O–H groups in total. The molecular formula is C22H18N4OS. The maximum absolute atomic E-state index is 12.7. The molecule has 5 nitrogen and oxygen atoms in total. The van der Waals surface area contributed by atoms with Crippen LogP contribution < -0.4 is 0 Å². The lowest BCUT2D eigenvalue weighted by molar-refractivity contribution is -0.129. The summed E-state index contributed by atoms with van der Waals surface area (Å²) in [5, 5.41) is 11.0. The first-order valence-electron chi connectivity index (χ1n) is 8.88. The van der Waals surface area contributed by atoms with Crippen LogP contribution in [0.5, 0.6) is 0 Å². The molecule has 0 fully saturated rings. The largest absolute Gasteiger partial charge is 0.341 e. The van der Waals surface area contributed by atoms with Crippen molar-refractivity contribution in [2.75, 3.05) is 7.05 Å². The predicted octanol–water partition coefficient (Wildman–Crippen LogP) is 4.14. The number of benzene rings is 2. The molecule has 0 aliphatic carbocycles. The molecule has 2 aromatic carbocycles. The molecule has 0 radical (unpaired) electrons. The number of nitrogens with zero attached hydrogens (tertiary/aromatic N) is 4. The zero-order chi connectivity index (χ0) is 19.5. The van der Waals surface area contributed by atoms with E-state index in [0.29, 0.717) is 18.5 Å². The number of carbonyl (C=O) groups is 1. The topological polar surface area (TPSA) is 61.4 Å². The van der Waals surface area contributed by atoms with Crippen LogP contribution in [0.3, 0.4) is 0 Å². The smallest absolute Gasteiger partial charge is 0.228 e. The molecule has 4 rings (SSSR count). The van der Waals surface area contributed by atoms with Crippen molar-refractivity contribution in [2.24, 2.45) is 0 Å². The normalized spacial score (nSPS) is 10.7. The van der Waals surface area contributed by atoms with Gasteiger partial charge in [0.05, 0.1) is 23.7 Å².